The van der Waals surface area contributed by atoms with Crippen LogP contribution in [0.1, 0.15) is 29.3 Å². The molecule has 142 valence electrons. The fourth-order valence-corrected chi connectivity index (χ4v) is 3.17. The highest BCUT2D eigenvalue weighted by atomic mass is 15.2. The molecule has 0 aliphatic carbocycles. The molecule has 27 heavy (non-hydrogen) atoms. The number of aliphatic imine (C=N–C) groups is 1. The zero-order chi connectivity index (χ0) is 19.1. The lowest BCUT2D eigenvalue weighted by atomic mass is 10.1. The third-order valence-corrected chi connectivity index (χ3v) is 4.68. The lowest BCUT2D eigenvalue weighted by Crippen LogP contribution is -2.38. The van der Waals surface area contributed by atoms with Gasteiger partial charge in [-0.2, -0.15) is 0 Å². The standard InChI is InChI=1S/C22H29N5/c1-4-23-22(24-12-10-18-9-8-17(3)26-14-18)25-13-11-19-15-27-21-16(2)6-5-7-20(19)21/h5-9,14-15,27H,4,10-13H2,1-3H3,(H2,23,24,25). The van der Waals surface area contributed by atoms with Gasteiger partial charge in [-0.3, -0.25) is 9.98 Å². The molecule has 5 heteroatoms. The van der Waals surface area contributed by atoms with Crippen molar-refractivity contribution in [1.82, 2.24) is 20.6 Å². The number of pyridine rings is 1. The summed E-state index contributed by atoms with van der Waals surface area (Å²) in [6.07, 6.45) is 5.90. The number of para-hydroxylation sites is 1. The number of aromatic amines is 1. The van der Waals surface area contributed by atoms with Crippen LogP contribution in [0.15, 0.2) is 47.7 Å². The minimum absolute atomic E-state index is 0.752. The van der Waals surface area contributed by atoms with Crippen LogP contribution >= 0.6 is 0 Å². The Morgan fingerprint density at radius 3 is 2.78 bits per heavy atom. The van der Waals surface area contributed by atoms with E-state index in [1.54, 1.807) is 0 Å². The average molecular weight is 364 g/mol. The summed E-state index contributed by atoms with van der Waals surface area (Å²) >= 11 is 0. The monoisotopic (exact) mass is 363 g/mol. The van der Waals surface area contributed by atoms with Gasteiger partial charge in [0.1, 0.15) is 0 Å². The molecule has 2 heterocycles. The molecule has 5 nitrogen and oxygen atoms in total. The van der Waals surface area contributed by atoms with Gasteiger partial charge in [0.25, 0.3) is 0 Å². The fraction of sp³-hybridized carbons (Fsp3) is 0.364. The van der Waals surface area contributed by atoms with Crippen molar-refractivity contribution >= 4 is 16.9 Å². The molecular weight excluding hydrogens is 334 g/mol. The zero-order valence-electron chi connectivity index (χ0n) is 16.5. The van der Waals surface area contributed by atoms with Crippen molar-refractivity contribution in [2.75, 3.05) is 19.6 Å². The quantitative estimate of drug-likeness (QED) is 0.444. The van der Waals surface area contributed by atoms with Gasteiger partial charge >= 0.3 is 0 Å². The van der Waals surface area contributed by atoms with Crippen LogP contribution in [0.4, 0.5) is 0 Å². The Morgan fingerprint density at radius 2 is 2.00 bits per heavy atom. The molecule has 0 aliphatic heterocycles. The number of hydrogen-bond acceptors (Lipinski definition) is 2. The number of aromatic nitrogens is 2. The van der Waals surface area contributed by atoms with Gasteiger partial charge in [0.15, 0.2) is 5.96 Å². The van der Waals surface area contributed by atoms with Gasteiger partial charge in [0.05, 0.1) is 0 Å². The molecule has 3 aromatic rings. The summed E-state index contributed by atoms with van der Waals surface area (Å²) in [5, 5.41) is 8.03. The van der Waals surface area contributed by atoms with Crippen LogP contribution in [0.3, 0.4) is 0 Å². The van der Waals surface area contributed by atoms with Crippen LogP contribution in [-0.2, 0) is 12.8 Å². The first-order chi connectivity index (χ1) is 13.2. The Morgan fingerprint density at radius 1 is 1.11 bits per heavy atom. The highest BCUT2D eigenvalue weighted by Gasteiger charge is 2.05. The number of H-pyrrole nitrogens is 1. The van der Waals surface area contributed by atoms with E-state index < -0.39 is 0 Å². The SMILES string of the molecule is CCNC(=NCCc1c[nH]c2c(C)cccc12)NCCc1ccc(C)nc1. The Labute approximate surface area is 161 Å². The van der Waals surface area contributed by atoms with Crippen LogP contribution < -0.4 is 10.6 Å². The number of benzene rings is 1. The Balaban J connectivity index is 1.55. The summed E-state index contributed by atoms with van der Waals surface area (Å²) < 4.78 is 0. The third kappa shape index (κ3) is 5.09. The van der Waals surface area contributed by atoms with Crippen LogP contribution in [0, 0.1) is 13.8 Å². The van der Waals surface area contributed by atoms with E-state index in [0.29, 0.717) is 0 Å². The lowest BCUT2D eigenvalue weighted by Gasteiger charge is -2.11. The van der Waals surface area contributed by atoms with E-state index in [9.17, 15) is 0 Å². The molecule has 0 unspecified atom stereocenters. The second kappa shape index (κ2) is 9.21. The van der Waals surface area contributed by atoms with Gasteiger partial charge in [0, 0.05) is 48.6 Å². The summed E-state index contributed by atoms with van der Waals surface area (Å²) in [4.78, 5) is 12.5. The van der Waals surface area contributed by atoms with Crippen molar-refractivity contribution in [3.63, 3.8) is 0 Å². The average Bonchev–Trinajstić information content (AvgIpc) is 3.08. The number of aryl methyl sites for hydroxylation is 2. The zero-order valence-corrected chi connectivity index (χ0v) is 16.5. The van der Waals surface area contributed by atoms with E-state index in [0.717, 1.165) is 44.1 Å². The molecule has 0 spiro atoms. The van der Waals surface area contributed by atoms with E-state index in [2.05, 4.69) is 71.0 Å². The predicted molar refractivity (Wildman–Crippen MR) is 113 cm³/mol. The molecule has 0 saturated carbocycles. The Kier molecular flexibility index (Phi) is 6.47. The van der Waals surface area contributed by atoms with Gasteiger partial charge in [-0.1, -0.05) is 24.3 Å². The number of nitrogens with one attached hydrogen (secondary N) is 3. The second-order valence-electron chi connectivity index (χ2n) is 6.81. The normalized spacial score (nSPS) is 11.7. The van der Waals surface area contributed by atoms with E-state index in [4.69, 9.17) is 4.99 Å². The fourth-order valence-electron chi connectivity index (χ4n) is 3.17. The van der Waals surface area contributed by atoms with Crippen molar-refractivity contribution < 1.29 is 0 Å². The smallest absolute Gasteiger partial charge is 0.191 e. The van der Waals surface area contributed by atoms with E-state index in [-0.39, 0.29) is 0 Å². The van der Waals surface area contributed by atoms with Crippen LogP contribution in [-0.4, -0.2) is 35.6 Å². The molecule has 0 radical (unpaired) electrons. The second-order valence-corrected chi connectivity index (χ2v) is 6.81. The summed E-state index contributed by atoms with van der Waals surface area (Å²) in [6, 6.07) is 10.6. The number of nitrogens with zero attached hydrogens (tertiary/aromatic N) is 2. The maximum atomic E-state index is 4.73. The van der Waals surface area contributed by atoms with Crippen molar-refractivity contribution in [1.29, 1.82) is 0 Å². The summed E-state index contributed by atoms with van der Waals surface area (Å²) in [5.74, 6) is 0.869. The van der Waals surface area contributed by atoms with Crippen molar-refractivity contribution in [3.8, 4) is 0 Å². The largest absolute Gasteiger partial charge is 0.361 e. The molecule has 2 aromatic heterocycles. The van der Waals surface area contributed by atoms with Gasteiger partial charge in [-0.15, -0.1) is 0 Å². The number of rotatable bonds is 7. The van der Waals surface area contributed by atoms with Crippen molar-refractivity contribution in [3.05, 3.63) is 65.1 Å². The van der Waals surface area contributed by atoms with E-state index >= 15 is 0 Å². The molecule has 3 rings (SSSR count). The number of fused-ring (bicyclic) bond motifs is 1. The third-order valence-electron chi connectivity index (χ3n) is 4.68. The van der Waals surface area contributed by atoms with Crippen LogP contribution in [0.5, 0.6) is 0 Å². The highest BCUT2D eigenvalue weighted by molar-refractivity contribution is 5.86. The maximum Gasteiger partial charge on any atom is 0.191 e. The van der Waals surface area contributed by atoms with Gasteiger partial charge < -0.3 is 15.6 Å². The number of guanidine groups is 1. The minimum Gasteiger partial charge on any atom is -0.361 e. The molecule has 0 amide bonds. The van der Waals surface area contributed by atoms with E-state index in [1.807, 2.05) is 13.1 Å². The van der Waals surface area contributed by atoms with Gasteiger partial charge in [0.2, 0.25) is 0 Å². The van der Waals surface area contributed by atoms with E-state index in [1.165, 1.54) is 27.6 Å². The molecule has 0 bridgehead atoms. The summed E-state index contributed by atoms with van der Waals surface area (Å²) in [7, 11) is 0. The van der Waals surface area contributed by atoms with Crippen molar-refractivity contribution in [2.45, 2.75) is 33.6 Å². The lowest BCUT2D eigenvalue weighted by molar-refractivity contribution is 0.795. The minimum atomic E-state index is 0.752. The molecule has 0 saturated heterocycles. The molecule has 0 atom stereocenters. The van der Waals surface area contributed by atoms with Crippen LogP contribution in [0.25, 0.3) is 10.9 Å². The predicted octanol–water partition coefficient (Wildman–Crippen LogP) is 3.52. The first kappa shape index (κ1) is 19.0. The number of hydrogen-bond donors (Lipinski definition) is 3. The molecule has 0 aliphatic rings. The summed E-state index contributed by atoms with van der Waals surface area (Å²) in [5.41, 5.74) is 6.11. The summed E-state index contributed by atoms with van der Waals surface area (Å²) in [6.45, 7) is 8.67. The molecule has 1 aromatic carbocycles. The topological polar surface area (TPSA) is 65.1 Å². The van der Waals surface area contributed by atoms with Crippen LogP contribution in [0.2, 0.25) is 0 Å². The van der Waals surface area contributed by atoms with Gasteiger partial charge in [-0.25, -0.2) is 0 Å². The molecule has 3 N–H and O–H groups in total. The molecular formula is C22H29N5. The Bertz CT molecular complexity index is 893. The Hall–Kier alpha value is -2.82. The highest BCUT2D eigenvalue weighted by Crippen LogP contribution is 2.21. The molecule has 0 fully saturated rings. The van der Waals surface area contributed by atoms with Crippen molar-refractivity contribution in [2.24, 2.45) is 4.99 Å². The first-order valence-corrected chi connectivity index (χ1v) is 9.66. The maximum absolute atomic E-state index is 4.73. The first-order valence-electron chi connectivity index (χ1n) is 9.66. The van der Waals surface area contributed by atoms with Gasteiger partial charge in [-0.05, 0) is 56.4 Å².